The molecule has 0 saturated heterocycles. The highest BCUT2D eigenvalue weighted by Gasteiger charge is 2.17. The van der Waals surface area contributed by atoms with E-state index in [0.717, 1.165) is 9.31 Å². The van der Waals surface area contributed by atoms with Crippen molar-refractivity contribution in [1.29, 1.82) is 0 Å². The Morgan fingerprint density at radius 1 is 1.28 bits per heavy atom. The summed E-state index contributed by atoms with van der Waals surface area (Å²) in [6.45, 7) is 0.417. The van der Waals surface area contributed by atoms with Gasteiger partial charge >= 0.3 is 0 Å². The monoisotopic (exact) mass is 380 g/mol. The molecule has 0 unspecified atom stereocenters. The van der Waals surface area contributed by atoms with Crippen LogP contribution in [0.4, 0.5) is 0 Å². The minimum Gasteiger partial charge on any atom is -0.352 e. The molecule has 0 fully saturated rings. The lowest BCUT2D eigenvalue weighted by Crippen LogP contribution is -2.26. The molecule has 25 heavy (non-hydrogen) atoms. The molecule has 0 saturated carbocycles. The topological polar surface area (TPSA) is 110 Å². The second kappa shape index (κ2) is 6.86. The molecule has 0 bridgehead atoms. The van der Waals surface area contributed by atoms with Gasteiger partial charge in [-0.15, -0.1) is 10.2 Å². The van der Waals surface area contributed by atoms with Crippen LogP contribution in [0.1, 0.15) is 15.4 Å². The maximum Gasteiger partial charge on any atom is 0.251 e. The van der Waals surface area contributed by atoms with Crippen molar-refractivity contribution in [3.05, 3.63) is 41.2 Å². The largest absolute Gasteiger partial charge is 0.352 e. The summed E-state index contributed by atoms with van der Waals surface area (Å²) in [7, 11) is -0.578. The molecule has 3 rings (SSSR count). The van der Waals surface area contributed by atoms with Crippen LogP contribution in [0, 0.1) is 0 Å². The average molecular weight is 380 g/mol. The van der Waals surface area contributed by atoms with E-state index < -0.39 is 10.0 Å². The summed E-state index contributed by atoms with van der Waals surface area (Å²) in [4.78, 5) is 13.0. The lowest BCUT2D eigenvalue weighted by molar-refractivity contribution is 0.0954. The third kappa shape index (κ3) is 3.67. The molecular weight excluding hydrogens is 364 g/mol. The number of carbonyl (C=O) groups excluding carboxylic acids is 1. The summed E-state index contributed by atoms with van der Waals surface area (Å²) in [5.41, 5.74) is 0.399. The number of aromatic nitrogens is 4. The zero-order valence-corrected chi connectivity index (χ0v) is 15.2. The molecule has 9 nitrogen and oxygen atoms in total. The summed E-state index contributed by atoms with van der Waals surface area (Å²) in [6, 6.07) is 5.84. The molecule has 11 heteroatoms. The third-order valence-electron chi connectivity index (χ3n) is 3.45. The van der Waals surface area contributed by atoms with Crippen LogP contribution in [0.15, 0.2) is 35.5 Å². The number of amides is 1. The molecule has 2 heterocycles. The van der Waals surface area contributed by atoms with Gasteiger partial charge in [-0.05, 0) is 24.3 Å². The molecule has 0 aliphatic rings. The Morgan fingerprint density at radius 2 is 2.00 bits per heavy atom. The number of carbonyl (C=O) groups is 1. The van der Waals surface area contributed by atoms with Gasteiger partial charge in [0.05, 0.1) is 4.90 Å². The van der Waals surface area contributed by atoms with E-state index in [4.69, 9.17) is 0 Å². The van der Waals surface area contributed by atoms with Crippen LogP contribution in [0.25, 0.3) is 4.96 Å². The highest BCUT2D eigenvalue weighted by atomic mass is 32.2. The van der Waals surface area contributed by atoms with Gasteiger partial charge in [0, 0.05) is 32.6 Å². The van der Waals surface area contributed by atoms with Crippen LogP contribution in [0.3, 0.4) is 0 Å². The molecular formula is C14H16N6O3S2. The molecule has 1 amide bonds. The molecule has 0 aliphatic carbocycles. The lowest BCUT2D eigenvalue weighted by atomic mass is 10.2. The minimum atomic E-state index is -3.50. The van der Waals surface area contributed by atoms with Crippen molar-refractivity contribution in [3.8, 4) is 0 Å². The van der Waals surface area contributed by atoms with E-state index in [1.54, 1.807) is 4.52 Å². The Kier molecular flexibility index (Phi) is 4.79. The van der Waals surface area contributed by atoms with Crippen molar-refractivity contribution in [2.24, 2.45) is 0 Å². The quantitative estimate of drug-likeness (QED) is 0.663. The lowest BCUT2D eigenvalue weighted by Gasteiger charge is -2.11. The Hall–Kier alpha value is -2.37. The summed E-state index contributed by atoms with van der Waals surface area (Å²) in [6.07, 6.45) is 2.10. The molecule has 0 aliphatic heterocycles. The summed E-state index contributed by atoms with van der Waals surface area (Å²) in [5, 5.41) is 15.5. The molecule has 2 aromatic heterocycles. The van der Waals surface area contributed by atoms with Gasteiger partial charge in [0.15, 0.2) is 0 Å². The second-order valence-electron chi connectivity index (χ2n) is 5.37. The maximum absolute atomic E-state index is 12.1. The van der Waals surface area contributed by atoms with E-state index in [1.165, 1.54) is 56.0 Å². The first-order valence-corrected chi connectivity index (χ1v) is 9.60. The number of hydrogen-bond acceptors (Lipinski definition) is 7. The predicted molar refractivity (Wildman–Crippen MR) is 92.0 cm³/mol. The highest BCUT2D eigenvalue weighted by molar-refractivity contribution is 7.89. The van der Waals surface area contributed by atoms with Gasteiger partial charge in [-0.3, -0.25) is 4.79 Å². The number of rotatable bonds is 6. The van der Waals surface area contributed by atoms with Gasteiger partial charge in [0.2, 0.25) is 15.0 Å². The number of benzene rings is 1. The number of nitrogens with one attached hydrogen (secondary N) is 1. The fraction of sp³-hybridized carbons (Fsp3) is 0.286. The van der Waals surface area contributed by atoms with E-state index >= 15 is 0 Å². The Bertz CT molecular complexity index is 963. The zero-order chi connectivity index (χ0) is 18.0. The number of sulfonamides is 1. The van der Waals surface area contributed by atoms with Crippen LogP contribution in [0.2, 0.25) is 0 Å². The molecule has 0 spiro atoms. The highest BCUT2D eigenvalue weighted by Crippen LogP contribution is 2.14. The van der Waals surface area contributed by atoms with Crippen LogP contribution in [0.5, 0.6) is 0 Å². The fourth-order valence-electron chi connectivity index (χ4n) is 2.08. The van der Waals surface area contributed by atoms with Crippen LogP contribution in [-0.2, 0) is 16.4 Å². The standard InChI is InChI=1S/C14H16N6O3S2/c1-19(2)25(22,23)11-5-3-10(4-6-11)13(21)15-8-7-12-18-20-9-16-17-14(20)24-12/h3-6,9H,7-8H2,1-2H3,(H,15,21). The summed E-state index contributed by atoms with van der Waals surface area (Å²) < 4.78 is 26.7. The van der Waals surface area contributed by atoms with E-state index in [9.17, 15) is 13.2 Å². The maximum atomic E-state index is 12.1. The molecule has 1 N–H and O–H groups in total. The zero-order valence-electron chi connectivity index (χ0n) is 13.6. The van der Waals surface area contributed by atoms with Crippen molar-refractivity contribution >= 4 is 32.2 Å². The van der Waals surface area contributed by atoms with Gasteiger partial charge in [-0.25, -0.2) is 12.7 Å². The average Bonchev–Trinajstić information content (AvgIpc) is 3.16. The van der Waals surface area contributed by atoms with Crippen LogP contribution in [-0.4, -0.2) is 59.1 Å². The second-order valence-corrected chi connectivity index (χ2v) is 8.56. The van der Waals surface area contributed by atoms with Crippen molar-refractivity contribution in [1.82, 2.24) is 29.4 Å². The smallest absolute Gasteiger partial charge is 0.251 e. The van der Waals surface area contributed by atoms with Crippen molar-refractivity contribution in [3.63, 3.8) is 0 Å². The van der Waals surface area contributed by atoms with Gasteiger partial charge in [-0.1, -0.05) is 11.3 Å². The Labute approximate surface area is 148 Å². The number of fused-ring (bicyclic) bond motifs is 1. The predicted octanol–water partition coefficient (Wildman–Crippen LogP) is 0.409. The summed E-state index contributed by atoms with van der Waals surface area (Å²) >= 11 is 1.41. The summed E-state index contributed by atoms with van der Waals surface area (Å²) in [5.74, 6) is -0.267. The van der Waals surface area contributed by atoms with E-state index in [1.807, 2.05) is 0 Å². The first kappa shape index (κ1) is 17.5. The van der Waals surface area contributed by atoms with E-state index in [2.05, 4.69) is 20.6 Å². The van der Waals surface area contributed by atoms with Crippen molar-refractivity contribution < 1.29 is 13.2 Å². The molecule has 0 atom stereocenters. The SMILES string of the molecule is CN(C)S(=O)(=O)c1ccc(C(=O)NCCc2nn3cnnc3s2)cc1. The fourth-order valence-corrected chi connectivity index (χ4v) is 3.79. The van der Waals surface area contributed by atoms with E-state index in [0.29, 0.717) is 23.5 Å². The van der Waals surface area contributed by atoms with Gasteiger partial charge in [0.1, 0.15) is 11.3 Å². The molecule has 0 radical (unpaired) electrons. The van der Waals surface area contributed by atoms with E-state index in [-0.39, 0.29) is 10.8 Å². The molecule has 3 aromatic rings. The molecule has 1 aromatic carbocycles. The third-order valence-corrected chi connectivity index (χ3v) is 6.25. The van der Waals surface area contributed by atoms with Gasteiger partial charge in [0.25, 0.3) is 5.91 Å². The Balaban J connectivity index is 1.58. The van der Waals surface area contributed by atoms with Gasteiger partial charge < -0.3 is 5.32 Å². The van der Waals surface area contributed by atoms with Crippen LogP contribution < -0.4 is 5.32 Å². The van der Waals surface area contributed by atoms with Crippen molar-refractivity contribution in [2.75, 3.05) is 20.6 Å². The first-order chi connectivity index (χ1) is 11.9. The normalized spacial score (nSPS) is 12.0. The van der Waals surface area contributed by atoms with Gasteiger partial charge in [-0.2, -0.15) is 9.61 Å². The van der Waals surface area contributed by atoms with Crippen LogP contribution >= 0.6 is 11.3 Å². The van der Waals surface area contributed by atoms with Crippen molar-refractivity contribution in [2.45, 2.75) is 11.3 Å². The number of hydrogen-bond donors (Lipinski definition) is 1. The molecule has 132 valence electrons. The first-order valence-electron chi connectivity index (χ1n) is 7.34. The number of nitrogens with zero attached hydrogens (tertiary/aromatic N) is 5. The Morgan fingerprint density at radius 3 is 2.64 bits per heavy atom. The minimum absolute atomic E-state index is 0.147.